The Morgan fingerprint density at radius 1 is 1.16 bits per heavy atom. The molecule has 0 bridgehead atoms. The lowest BCUT2D eigenvalue weighted by atomic mass is 10.2. The number of hydrogen-bond donors (Lipinski definition) is 1. The molecule has 0 fully saturated rings. The zero-order chi connectivity index (χ0) is 27.4. The molecule has 11 heteroatoms. The zero-order valence-electron chi connectivity index (χ0n) is 20.7. The molecule has 8 nitrogen and oxygen atoms in total. The van der Waals surface area contributed by atoms with Crippen LogP contribution in [0, 0.1) is 5.82 Å². The molecule has 196 valence electrons. The number of nitrogens with zero attached hydrogens (tertiary/aromatic N) is 3. The summed E-state index contributed by atoms with van der Waals surface area (Å²) in [7, 11) is 1.47. The Morgan fingerprint density at radius 3 is 2.66 bits per heavy atom. The van der Waals surface area contributed by atoms with Crippen LogP contribution in [0.4, 0.5) is 10.1 Å². The second-order valence-corrected chi connectivity index (χ2v) is 10.4. The molecule has 1 heterocycles. The molecule has 38 heavy (non-hydrogen) atoms. The Labute approximate surface area is 234 Å². The molecule has 0 aliphatic carbocycles. The van der Waals surface area contributed by atoms with Gasteiger partial charge in [-0.15, -0.1) is 0 Å². The summed E-state index contributed by atoms with van der Waals surface area (Å²) in [5.74, 6) is 0.0161. The molecule has 1 aromatic heterocycles. The van der Waals surface area contributed by atoms with Crippen LogP contribution in [0.15, 0.2) is 73.4 Å². The Balaban J connectivity index is 1.69. The van der Waals surface area contributed by atoms with Gasteiger partial charge in [-0.1, -0.05) is 51.8 Å². The highest BCUT2D eigenvalue weighted by Crippen LogP contribution is 2.34. The van der Waals surface area contributed by atoms with E-state index in [9.17, 15) is 14.0 Å². The van der Waals surface area contributed by atoms with E-state index in [4.69, 9.17) is 9.47 Å². The number of hydrogen-bond acceptors (Lipinski definition) is 6. The average Bonchev–Trinajstić information content (AvgIpc) is 2.87. The van der Waals surface area contributed by atoms with Crippen LogP contribution in [0.3, 0.4) is 0 Å². The van der Waals surface area contributed by atoms with Gasteiger partial charge in [-0.05, 0) is 48.5 Å². The van der Waals surface area contributed by atoms with Gasteiger partial charge in [0.2, 0.25) is 0 Å². The number of nitrogens with one attached hydrogen (secondary N) is 1. The molecule has 1 amide bonds. The summed E-state index contributed by atoms with van der Waals surface area (Å²) >= 11 is 6.84. The van der Waals surface area contributed by atoms with Gasteiger partial charge in [-0.2, -0.15) is 9.78 Å². The monoisotopic (exact) mass is 644 g/mol. The first-order chi connectivity index (χ1) is 18.2. The first-order valence-corrected chi connectivity index (χ1v) is 13.1. The van der Waals surface area contributed by atoms with E-state index in [0.717, 1.165) is 4.47 Å². The van der Waals surface area contributed by atoms with E-state index in [1.165, 1.54) is 36.2 Å². The largest absolute Gasteiger partial charge is 0.493 e. The number of rotatable bonds is 8. The van der Waals surface area contributed by atoms with Crippen molar-refractivity contribution in [3.8, 4) is 11.5 Å². The lowest BCUT2D eigenvalue weighted by Gasteiger charge is -2.15. The molecule has 0 saturated heterocycles. The summed E-state index contributed by atoms with van der Waals surface area (Å²) in [6, 6.07) is 14.3. The number of ether oxygens (including phenoxy) is 2. The number of benzene rings is 3. The standard InChI is InChI=1S/C27H23Br2FN4O4/c1-15(2)26-33-22-8-7-17(28)10-21(22)27(36)34(26)31-13-16-9-18(29)11-23(37-3)25(16)38-14-24(35)32-20-6-4-5-19(30)12-20/h4-13,15H,14H2,1-3H3,(H,32,35). The minimum atomic E-state index is -0.494. The third-order valence-electron chi connectivity index (χ3n) is 5.39. The molecule has 4 rings (SSSR count). The normalized spacial score (nSPS) is 11.3. The van der Waals surface area contributed by atoms with Crippen LogP contribution >= 0.6 is 31.9 Å². The van der Waals surface area contributed by atoms with Crippen LogP contribution in [-0.2, 0) is 4.79 Å². The minimum absolute atomic E-state index is 0.0906. The Bertz CT molecular complexity index is 1600. The van der Waals surface area contributed by atoms with Gasteiger partial charge < -0.3 is 14.8 Å². The third-order valence-corrected chi connectivity index (χ3v) is 6.34. The van der Waals surface area contributed by atoms with E-state index in [1.807, 2.05) is 19.9 Å². The Kier molecular flexibility index (Phi) is 8.58. The van der Waals surface area contributed by atoms with E-state index >= 15 is 0 Å². The highest BCUT2D eigenvalue weighted by Gasteiger charge is 2.17. The average molecular weight is 646 g/mol. The third kappa shape index (κ3) is 6.28. The Morgan fingerprint density at radius 2 is 1.95 bits per heavy atom. The molecule has 0 atom stereocenters. The second kappa shape index (κ2) is 11.9. The van der Waals surface area contributed by atoms with Crippen LogP contribution in [-0.4, -0.2) is 35.5 Å². The van der Waals surface area contributed by atoms with Gasteiger partial charge in [0.05, 0.1) is 24.2 Å². The van der Waals surface area contributed by atoms with Gasteiger partial charge in [0, 0.05) is 26.1 Å². The van der Waals surface area contributed by atoms with Gasteiger partial charge in [-0.3, -0.25) is 9.59 Å². The maximum atomic E-state index is 13.4. The van der Waals surface area contributed by atoms with Gasteiger partial charge in [0.15, 0.2) is 18.1 Å². The van der Waals surface area contributed by atoms with Crippen molar-refractivity contribution in [2.75, 3.05) is 19.0 Å². The van der Waals surface area contributed by atoms with Crippen molar-refractivity contribution in [2.45, 2.75) is 19.8 Å². The molecule has 0 aliphatic heterocycles. The van der Waals surface area contributed by atoms with Gasteiger partial charge in [-0.25, -0.2) is 9.37 Å². The van der Waals surface area contributed by atoms with Crippen molar-refractivity contribution in [3.05, 3.63) is 91.1 Å². The van der Waals surface area contributed by atoms with Gasteiger partial charge >= 0.3 is 0 Å². The van der Waals surface area contributed by atoms with Crippen molar-refractivity contribution in [1.29, 1.82) is 0 Å². The smallest absolute Gasteiger partial charge is 0.282 e. The first kappa shape index (κ1) is 27.5. The summed E-state index contributed by atoms with van der Waals surface area (Å²) in [6.45, 7) is 3.47. The molecule has 0 saturated carbocycles. The fourth-order valence-electron chi connectivity index (χ4n) is 3.66. The number of fused-ring (bicyclic) bond motifs is 1. The topological polar surface area (TPSA) is 94.8 Å². The molecule has 1 N–H and O–H groups in total. The van der Waals surface area contributed by atoms with Crippen LogP contribution in [0.25, 0.3) is 10.9 Å². The maximum Gasteiger partial charge on any atom is 0.282 e. The molecule has 0 radical (unpaired) electrons. The van der Waals surface area contributed by atoms with Crippen molar-refractivity contribution >= 4 is 60.6 Å². The molecule has 4 aromatic rings. The molecule has 0 aliphatic rings. The summed E-state index contributed by atoms with van der Waals surface area (Å²) in [5, 5.41) is 7.46. The van der Waals surface area contributed by atoms with Gasteiger partial charge in [0.1, 0.15) is 11.6 Å². The first-order valence-electron chi connectivity index (χ1n) is 11.5. The van der Waals surface area contributed by atoms with E-state index in [0.29, 0.717) is 38.2 Å². The van der Waals surface area contributed by atoms with Crippen molar-refractivity contribution in [2.24, 2.45) is 5.10 Å². The lowest BCUT2D eigenvalue weighted by molar-refractivity contribution is -0.118. The fraction of sp³-hybridized carbons (Fsp3) is 0.185. The lowest BCUT2D eigenvalue weighted by Crippen LogP contribution is -2.23. The SMILES string of the molecule is COc1cc(Br)cc(C=Nn2c(C(C)C)nc3ccc(Br)cc3c2=O)c1OCC(=O)Nc1cccc(F)c1. The predicted molar refractivity (Wildman–Crippen MR) is 152 cm³/mol. The molecule has 3 aromatic carbocycles. The van der Waals surface area contributed by atoms with Crippen LogP contribution in [0.1, 0.15) is 31.2 Å². The fourth-order valence-corrected chi connectivity index (χ4v) is 4.48. The van der Waals surface area contributed by atoms with E-state index in [-0.39, 0.29) is 23.8 Å². The highest BCUT2D eigenvalue weighted by molar-refractivity contribution is 9.10. The van der Waals surface area contributed by atoms with Crippen LogP contribution in [0.5, 0.6) is 11.5 Å². The van der Waals surface area contributed by atoms with Crippen molar-refractivity contribution in [3.63, 3.8) is 0 Å². The van der Waals surface area contributed by atoms with Gasteiger partial charge in [0.25, 0.3) is 11.5 Å². The molecule has 0 unspecified atom stereocenters. The highest BCUT2D eigenvalue weighted by atomic mass is 79.9. The number of carbonyl (C=O) groups is 1. The van der Waals surface area contributed by atoms with E-state index < -0.39 is 11.7 Å². The Hall–Kier alpha value is -3.57. The number of halogens is 3. The number of anilines is 1. The van der Waals surface area contributed by atoms with Crippen LogP contribution < -0.4 is 20.3 Å². The number of aromatic nitrogens is 2. The maximum absolute atomic E-state index is 13.4. The number of methoxy groups -OCH3 is 1. The summed E-state index contributed by atoms with van der Waals surface area (Å²) < 4.78 is 27.4. The zero-order valence-corrected chi connectivity index (χ0v) is 23.8. The van der Waals surface area contributed by atoms with Crippen molar-refractivity contribution < 1.29 is 18.7 Å². The summed E-state index contributed by atoms with van der Waals surface area (Å²) in [4.78, 5) is 30.5. The number of carbonyl (C=O) groups excluding carboxylic acids is 1. The van der Waals surface area contributed by atoms with Crippen LogP contribution in [0.2, 0.25) is 0 Å². The molecular formula is C27H23Br2FN4O4. The predicted octanol–water partition coefficient (Wildman–Crippen LogP) is 6.09. The van der Waals surface area contributed by atoms with E-state index in [2.05, 4.69) is 47.3 Å². The minimum Gasteiger partial charge on any atom is -0.493 e. The molecule has 0 spiro atoms. The quantitative estimate of drug-likeness (QED) is 0.234. The molecular weight excluding hydrogens is 623 g/mol. The summed E-state index contributed by atoms with van der Waals surface area (Å²) in [5.41, 5.74) is 1.01. The summed E-state index contributed by atoms with van der Waals surface area (Å²) in [6.07, 6.45) is 1.45. The van der Waals surface area contributed by atoms with Crippen molar-refractivity contribution in [1.82, 2.24) is 9.66 Å². The second-order valence-electron chi connectivity index (χ2n) is 8.52. The van der Waals surface area contributed by atoms with E-state index in [1.54, 1.807) is 30.3 Å². The number of amides is 1.